The zero-order valence-corrected chi connectivity index (χ0v) is 11.7. The van der Waals surface area contributed by atoms with Crippen molar-refractivity contribution >= 4 is 5.91 Å². The smallest absolute Gasteiger partial charge is 0.221 e. The van der Waals surface area contributed by atoms with Gasteiger partial charge in [-0.15, -0.1) is 0 Å². The first-order chi connectivity index (χ1) is 8.54. The van der Waals surface area contributed by atoms with E-state index in [0.29, 0.717) is 19.5 Å². The topological polar surface area (TPSA) is 67.2 Å². The molecule has 0 aliphatic carbocycles. The summed E-state index contributed by atoms with van der Waals surface area (Å²) in [6.45, 7) is 9.23. The molecule has 102 valence electrons. The summed E-state index contributed by atoms with van der Waals surface area (Å²) in [5.74, 6) is 0.930. The number of hydrogen-bond donors (Lipinski definition) is 2. The molecular formula is C13H23N3O2. The Hall–Kier alpha value is -1.36. The average molecular weight is 253 g/mol. The van der Waals surface area contributed by atoms with Crippen LogP contribution < -0.4 is 10.6 Å². The van der Waals surface area contributed by atoms with E-state index in [1.54, 1.807) is 0 Å². The fraction of sp³-hybridized carbons (Fsp3) is 0.692. The predicted octanol–water partition coefficient (Wildman–Crippen LogP) is 1.69. The van der Waals surface area contributed by atoms with Gasteiger partial charge in [-0.2, -0.15) is 0 Å². The molecule has 0 saturated heterocycles. The number of rotatable bonds is 7. The summed E-state index contributed by atoms with van der Waals surface area (Å²) in [5, 5.41) is 10.1. The molecule has 5 heteroatoms. The highest BCUT2D eigenvalue weighted by atomic mass is 16.5. The van der Waals surface area contributed by atoms with Crippen LogP contribution in [0.3, 0.4) is 0 Å². The minimum atomic E-state index is 0.0932. The molecule has 0 saturated carbocycles. The maximum absolute atomic E-state index is 11.5. The molecule has 18 heavy (non-hydrogen) atoms. The van der Waals surface area contributed by atoms with Gasteiger partial charge in [-0.25, -0.2) is 0 Å². The molecule has 0 aliphatic rings. The molecule has 1 amide bonds. The molecule has 0 radical (unpaired) electrons. The Morgan fingerprint density at radius 3 is 2.72 bits per heavy atom. The van der Waals surface area contributed by atoms with E-state index in [4.69, 9.17) is 4.52 Å². The van der Waals surface area contributed by atoms with E-state index >= 15 is 0 Å². The predicted molar refractivity (Wildman–Crippen MR) is 70.2 cm³/mol. The first-order valence-electron chi connectivity index (χ1n) is 6.46. The monoisotopic (exact) mass is 253 g/mol. The minimum Gasteiger partial charge on any atom is -0.361 e. The molecule has 0 bridgehead atoms. The summed E-state index contributed by atoms with van der Waals surface area (Å²) in [5.41, 5.74) is 1.99. The molecule has 1 rings (SSSR count). The van der Waals surface area contributed by atoms with Crippen LogP contribution in [0.5, 0.6) is 0 Å². The molecule has 0 aliphatic heterocycles. The lowest BCUT2D eigenvalue weighted by Gasteiger charge is -2.11. The Morgan fingerprint density at radius 2 is 2.17 bits per heavy atom. The fourth-order valence-corrected chi connectivity index (χ4v) is 1.62. The maximum Gasteiger partial charge on any atom is 0.221 e. The van der Waals surface area contributed by atoms with Gasteiger partial charge in [-0.05, 0) is 27.2 Å². The summed E-state index contributed by atoms with van der Waals surface area (Å²) < 4.78 is 5.07. The van der Waals surface area contributed by atoms with E-state index in [1.165, 1.54) is 0 Å². The molecule has 0 aromatic carbocycles. The van der Waals surface area contributed by atoms with Crippen molar-refractivity contribution in [3.05, 3.63) is 17.0 Å². The standard InChI is InChI=1S/C13H23N3O2/c1-5-9(2)15-13(17)6-7-14-8-12-10(3)16-18-11(12)4/h9,14H,5-8H2,1-4H3,(H,15,17). The van der Waals surface area contributed by atoms with Gasteiger partial charge in [0.05, 0.1) is 5.69 Å². The van der Waals surface area contributed by atoms with Gasteiger partial charge in [-0.3, -0.25) is 4.79 Å². The third kappa shape index (κ3) is 4.49. The van der Waals surface area contributed by atoms with Crippen molar-refractivity contribution in [2.24, 2.45) is 0 Å². The lowest BCUT2D eigenvalue weighted by atomic mass is 10.2. The van der Waals surface area contributed by atoms with E-state index < -0.39 is 0 Å². The SMILES string of the molecule is CCC(C)NC(=O)CCNCc1c(C)noc1C. The third-order valence-corrected chi connectivity index (χ3v) is 3.03. The first-order valence-corrected chi connectivity index (χ1v) is 6.46. The van der Waals surface area contributed by atoms with Crippen LogP contribution in [0.2, 0.25) is 0 Å². The van der Waals surface area contributed by atoms with Crippen LogP contribution >= 0.6 is 0 Å². The molecule has 0 spiro atoms. The van der Waals surface area contributed by atoms with Crippen molar-refractivity contribution in [2.75, 3.05) is 6.54 Å². The van der Waals surface area contributed by atoms with Gasteiger partial charge in [0.15, 0.2) is 0 Å². The average Bonchev–Trinajstić information content (AvgIpc) is 2.65. The second-order valence-corrected chi connectivity index (χ2v) is 4.61. The van der Waals surface area contributed by atoms with Gasteiger partial charge in [0.1, 0.15) is 5.76 Å². The van der Waals surface area contributed by atoms with Gasteiger partial charge in [-0.1, -0.05) is 12.1 Å². The Labute approximate surface area is 108 Å². The molecule has 1 atom stereocenters. The summed E-state index contributed by atoms with van der Waals surface area (Å²) in [4.78, 5) is 11.5. The van der Waals surface area contributed by atoms with Crippen molar-refractivity contribution in [3.63, 3.8) is 0 Å². The molecule has 0 fully saturated rings. The summed E-state index contributed by atoms with van der Waals surface area (Å²) in [6.07, 6.45) is 1.45. The molecule has 1 unspecified atom stereocenters. The number of nitrogens with zero attached hydrogens (tertiary/aromatic N) is 1. The third-order valence-electron chi connectivity index (χ3n) is 3.03. The number of hydrogen-bond acceptors (Lipinski definition) is 4. The second-order valence-electron chi connectivity index (χ2n) is 4.61. The van der Waals surface area contributed by atoms with Gasteiger partial charge in [0, 0.05) is 31.1 Å². The van der Waals surface area contributed by atoms with Crippen molar-refractivity contribution in [3.8, 4) is 0 Å². The summed E-state index contributed by atoms with van der Waals surface area (Å²) >= 11 is 0. The number of aryl methyl sites for hydroxylation is 2. The summed E-state index contributed by atoms with van der Waals surface area (Å²) in [6, 6.07) is 0.250. The van der Waals surface area contributed by atoms with Crippen LogP contribution in [-0.4, -0.2) is 23.7 Å². The lowest BCUT2D eigenvalue weighted by molar-refractivity contribution is -0.121. The van der Waals surface area contributed by atoms with Gasteiger partial charge < -0.3 is 15.2 Å². The van der Waals surface area contributed by atoms with Crippen molar-refractivity contribution in [2.45, 2.75) is 53.1 Å². The zero-order chi connectivity index (χ0) is 13.5. The summed E-state index contributed by atoms with van der Waals surface area (Å²) in [7, 11) is 0. The Balaban J connectivity index is 2.21. The number of carbonyl (C=O) groups is 1. The largest absolute Gasteiger partial charge is 0.361 e. The van der Waals surface area contributed by atoms with E-state index in [2.05, 4.69) is 22.7 Å². The van der Waals surface area contributed by atoms with Crippen LogP contribution in [0.4, 0.5) is 0 Å². The highest BCUT2D eigenvalue weighted by Crippen LogP contribution is 2.11. The Bertz CT molecular complexity index is 368. The molecule has 1 heterocycles. The number of nitrogens with one attached hydrogen (secondary N) is 2. The first kappa shape index (κ1) is 14.7. The van der Waals surface area contributed by atoms with E-state index in [0.717, 1.165) is 23.4 Å². The van der Waals surface area contributed by atoms with Gasteiger partial charge in [0.2, 0.25) is 5.91 Å². The minimum absolute atomic E-state index is 0.0932. The molecule has 1 aromatic rings. The normalized spacial score (nSPS) is 12.4. The second kappa shape index (κ2) is 7.16. The lowest BCUT2D eigenvalue weighted by Crippen LogP contribution is -2.33. The number of amides is 1. The number of aromatic nitrogens is 1. The zero-order valence-electron chi connectivity index (χ0n) is 11.7. The van der Waals surface area contributed by atoms with Crippen LogP contribution in [-0.2, 0) is 11.3 Å². The maximum atomic E-state index is 11.5. The van der Waals surface area contributed by atoms with Gasteiger partial charge in [0.25, 0.3) is 0 Å². The molecular weight excluding hydrogens is 230 g/mol. The quantitative estimate of drug-likeness (QED) is 0.726. The Kier molecular flexibility index (Phi) is 5.85. The van der Waals surface area contributed by atoms with E-state index in [9.17, 15) is 4.79 Å². The van der Waals surface area contributed by atoms with Crippen LogP contribution in [0, 0.1) is 13.8 Å². The van der Waals surface area contributed by atoms with E-state index in [-0.39, 0.29) is 11.9 Å². The van der Waals surface area contributed by atoms with Crippen LogP contribution in [0.25, 0.3) is 0 Å². The van der Waals surface area contributed by atoms with Crippen LogP contribution in [0.1, 0.15) is 43.7 Å². The van der Waals surface area contributed by atoms with Gasteiger partial charge >= 0.3 is 0 Å². The Morgan fingerprint density at radius 1 is 1.44 bits per heavy atom. The van der Waals surface area contributed by atoms with Crippen molar-refractivity contribution in [1.29, 1.82) is 0 Å². The van der Waals surface area contributed by atoms with Crippen LogP contribution in [0.15, 0.2) is 4.52 Å². The highest BCUT2D eigenvalue weighted by molar-refractivity contribution is 5.76. The molecule has 1 aromatic heterocycles. The van der Waals surface area contributed by atoms with Crippen molar-refractivity contribution in [1.82, 2.24) is 15.8 Å². The molecule has 5 nitrogen and oxygen atoms in total. The van der Waals surface area contributed by atoms with Crippen molar-refractivity contribution < 1.29 is 9.32 Å². The highest BCUT2D eigenvalue weighted by Gasteiger charge is 2.09. The fourth-order valence-electron chi connectivity index (χ4n) is 1.62. The molecule has 2 N–H and O–H groups in total. The van der Waals surface area contributed by atoms with E-state index in [1.807, 2.05) is 20.8 Å². The number of carbonyl (C=O) groups excluding carboxylic acids is 1.